The summed E-state index contributed by atoms with van der Waals surface area (Å²) >= 11 is 0. The number of fused-ring (bicyclic) bond motifs is 2. The van der Waals surface area contributed by atoms with E-state index < -0.39 is 0 Å². The molecule has 0 saturated heterocycles. The predicted octanol–water partition coefficient (Wildman–Crippen LogP) is 3.89. The Balaban J connectivity index is 2.30. The summed E-state index contributed by atoms with van der Waals surface area (Å²) in [5.74, 6) is 0.280. The molecule has 0 amide bonds. The Labute approximate surface area is 109 Å². The van der Waals surface area contributed by atoms with E-state index >= 15 is 0 Å². The number of carbonyl (C=O) groups excluding carboxylic acids is 1. The number of ketones is 1. The van der Waals surface area contributed by atoms with Crippen molar-refractivity contribution in [2.75, 3.05) is 0 Å². The molecular formula is C17H20O. The van der Waals surface area contributed by atoms with Gasteiger partial charge < -0.3 is 0 Å². The zero-order valence-corrected chi connectivity index (χ0v) is 11.4. The molecule has 2 atom stereocenters. The lowest BCUT2D eigenvalue weighted by molar-refractivity contribution is -0.125. The first-order valence-electron chi connectivity index (χ1n) is 6.68. The first-order chi connectivity index (χ1) is 8.38. The average Bonchev–Trinajstić information content (AvgIpc) is 2.63. The summed E-state index contributed by atoms with van der Waals surface area (Å²) in [7, 11) is 0. The largest absolute Gasteiger partial charge is 0.294 e. The summed E-state index contributed by atoms with van der Waals surface area (Å²) in [6.45, 7) is 10.8. The highest BCUT2D eigenvalue weighted by Crippen LogP contribution is 2.72. The number of hydrogen-bond acceptors (Lipinski definition) is 1. The van der Waals surface area contributed by atoms with Crippen LogP contribution in [0.4, 0.5) is 0 Å². The summed E-state index contributed by atoms with van der Waals surface area (Å²) in [5.41, 5.74) is 1.65. The third kappa shape index (κ3) is 0.945. The number of Topliss-reactive ketones (excluding diaryl/α,β-unsaturated/α-hetero) is 1. The Bertz CT molecular complexity index is 540. The van der Waals surface area contributed by atoms with Crippen LogP contribution in [-0.2, 0) is 10.2 Å². The fraction of sp³-hybridized carbons (Fsp3) is 0.471. The first-order valence-corrected chi connectivity index (χ1v) is 6.68. The van der Waals surface area contributed by atoms with Crippen molar-refractivity contribution in [1.29, 1.82) is 0 Å². The van der Waals surface area contributed by atoms with Crippen LogP contribution in [0.15, 0.2) is 42.5 Å². The van der Waals surface area contributed by atoms with E-state index in [1.807, 2.05) is 6.07 Å². The monoisotopic (exact) mass is 240 g/mol. The van der Waals surface area contributed by atoms with Gasteiger partial charge in [-0.05, 0) is 29.4 Å². The molecule has 1 nitrogen and oxygen atoms in total. The third-order valence-electron chi connectivity index (χ3n) is 6.00. The fourth-order valence-corrected chi connectivity index (χ4v) is 4.39. The van der Waals surface area contributed by atoms with E-state index in [4.69, 9.17) is 0 Å². The molecule has 0 heterocycles. The SMILES string of the molecule is C=C1C(=O)C2(C)CCC1(c1ccccc1)C2(C)C. The minimum absolute atomic E-state index is 0.0461. The molecule has 3 rings (SSSR count). The van der Waals surface area contributed by atoms with Crippen LogP contribution in [0, 0.1) is 10.8 Å². The molecule has 2 aliphatic carbocycles. The van der Waals surface area contributed by atoms with Gasteiger partial charge in [-0.15, -0.1) is 0 Å². The summed E-state index contributed by atoms with van der Waals surface area (Å²) < 4.78 is 0. The first kappa shape index (κ1) is 11.7. The van der Waals surface area contributed by atoms with Gasteiger partial charge in [0.1, 0.15) is 0 Å². The molecule has 2 bridgehead atoms. The molecule has 2 fully saturated rings. The van der Waals surface area contributed by atoms with E-state index in [1.54, 1.807) is 0 Å². The van der Waals surface area contributed by atoms with Gasteiger partial charge in [-0.25, -0.2) is 0 Å². The van der Waals surface area contributed by atoms with Crippen molar-refractivity contribution < 1.29 is 4.79 Å². The van der Waals surface area contributed by atoms with Gasteiger partial charge in [-0.1, -0.05) is 57.7 Å². The smallest absolute Gasteiger partial charge is 0.165 e. The van der Waals surface area contributed by atoms with Crippen molar-refractivity contribution in [3.05, 3.63) is 48.0 Å². The molecule has 0 aromatic heterocycles. The van der Waals surface area contributed by atoms with Crippen LogP contribution in [0.1, 0.15) is 39.2 Å². The number of benzene rings is 1. The van der Waals surface area contributed by atoms with Crippen LogP contribution in [0.25, 0.3) is 0 Å². The van der Waals surface area contributed by atoms with Crippen LogP contribution < -0.4 is 0 Å². The Morgan fingerprint density at radius 3 is 2.17 bits per heavy atom. The summed E-state index contributed by atoms with van der Waals surface area (Å²) in [4.78, 5) is 12.6. The van der Waals surface area contributed by atoms with Gasteiger partial charge in [0, 0.05) is 10.8 Å². The third-order valence-corrected chi connectivity index (χ3v) is 6.00. The molecule has 2 unspecified atom stereocenters. The van der Waals surface area contributed by atoms with Gasteiger partial charge in [-0.2, -0.15) is 0 Å². The molecule has 2 aliphatic rings. The van der Waals surface area contributed by atoms with Gasteiger partial charge in [0.25, 0.3) is 0 Å². The Kier molecular flexibility index (Phi) is 2.04. The van der Waals surface area contributed by atoms with Gasteiger partial charge in [0.05, 0.1) is 0 Å². The van der Waals surface area contributed by atoms with Crippen molar-refractivity contribution in [3.63, 3.8) is 0 Å². The van der Waals surface area contributed by atoms with Gasteiger partial charge in [0.15, 0.2) is 5.78 Å². The zero-order valence-electron chi connectivity index (χ0n) is 11.4. The van der Waals surface area contributed by atoms with Crippen LogP contribution in [0.5, 0.6) is 0 Å². The van der Waals surface area contributed by atoms with Gasteiger partial charge in [0.2, 0.25) is 0 Å². The average molecular weight is 240 g/mol. The maximum Gasteiger partial charge on any atom is 0.165 e. The molecule has 0 aliphatic heterocycles. The molecule has 94 valence electrons. The molecule has 1 heteroatoms. The van der Waals surface area contributed by atoms with E-state index in [0.717, 1.165) is 18.4 Å². The Morgan fingerprint density at radius 2 is 1.67 bits per heavy atom. The van der Waals surface area contributed by atoms with Crippen molar-refractivity contribution >= 4 is 5.78 Å². The highest BCUT2D eigenvalue weighted by atomic mass is 16.1. The molecule has 2 saturated carbocycles. The van der Waals surface area contributed by atoms with Crippen molar-refractivity contribution in [2.45, 2.75) is 39.0 Å². The predicted molar refractivity (Wildman–Crippen MR) is 73.4 cm³/mol. The van der Waals surface area contributed by atoms with E-state index in [1.165, 1.54) is 5.56 Å². The lowest BCUT2D eigenvalue weighted by Gasteiger charge is -2.40. The normalized spacial score (nSPS) is 37.3. The maximum atomic E-state index is 12.6. The highest BCUT2D eigenvalue weighted by molar-refractivity contribution is 6.07. The molecule has 0 spiro atoms. The number of allylic oxidation sites excluding steroid dienone is 1. The van der Waals surface area contributed by atoms with Crippen LogP contribution >= 0.6 is 0 Å². The standard InChI is InChI=1S/C17H20O/c1-12-14(18)16(4)10-11-17(12,15(16,2)3)13-8-6-5-7-9-13/h5-9H,1,10-11H2,2-4H3. The van der Waals surface area contributed by atoms with E-state index in [2.05, 4.69) is 51.6 Å². The minimum Gasteiger partial charge on any atom is -0.294 e. The van der Waals surface area contributed by atoms with Gasteiger partial charge in [-0.3, -0.25) is 4.79 Å². The number of rotatable bonds is 1. The minimum atomic E-state index is -0.236. The topological polar surface area (TPSA) is 17.1 Å². The lowest BCUT2D eigenvalue weighted by Crippen LogP contribution is -2.38. The van der Waals surface area contributed by atoms with Crippen molar-refractivity contribution in [2.24, 2.45) is 10.8 Å². The molecular weight excluding hydrogens is 220 g/mol. The summed E-state index contributed by atoms with van der Waals surface area (Å²) in [6.07, 6.45) is 2.03. The highest BCUT2D eigenvalue weighted by Gasteiger charge is 2.72. The maximum absolute atomic E-state index is 12.6. The number of carbonyl (C=O) groups is 1. The van der Waals surface area contributed by atoms with Crippen molar-refractivity contribution in [3.8, 4) is 0 Å². The Hall–Kier alpha value is -1.37. The quantitative estimate of drug-likeness (QED) is 0.681. The number of hydrogen-bond donors (Lipinski definition) is 0. The molecule has 0 N–H and O–H groups in total. The zero-order chi connectivity index (χ0) is 13.2. The lowest BCUT2D eigenvalue weighted by atomic mass is 9.61. The fourth-order valence-electron chi connectivity index (χ4n) is 4.39. The second-order valence-corrected chi connectivity index (χ2v) is 6.54. The van der Waals surface area contributed by atoms with Gasteiger partial charge >= 0.3 is 0 Å². The Morgan fingerprint density at radius 1 is 1.06 bits per heavy atom. The molecule has 1 aromatic carbocycles. The van der Waals surface area contributed by atoms with E-state index in [9.17, 15) is 4.79 Å². The molecule has 18 heavy (non-hydrogen) atoms. The summed E-state index contributed by atoms with van der Waals surface area (Å²) in [5, 5.41) is 0. The van der Waals surface area contributed by atoms with Crippen molar-refractivity contribution in [1.82, 2.24) is 0 Å². The van der Waals surface area contributed by atoms with E-state index in [0.29, 0.717) is 0 Å². The van der Waals surface area contributed by atoms with Crippen LogP contribution in [-0.4, -0.2) is 5.78 Å². The second kappa shape index (κ2) is 3.14. The van der Waals surface area contributed by atoms with E-state index in [-0.39, 0.29) is 22.0 Å². The molecule has 1 aromatic rings. The molecule has 0 radical (unpaired) electrons. The second-order valence-electron chi connectivity index (χ2n) is 6.54. The summed E-state index contributed by atoms with van der Waals surface area (Å²) in [6, 6.07) is 10.5. The van der Waals surface area contributed by atoms with Crippen LogP contribution in [0.2, 0.25) is 0 Å². The van der Waals surface area contributed by atoms with Crippen LogP contribution in [0.3, 0.4) is 0 Å².